The number of nitrogens with zero attached hydrogens (tertiary/aromatic N) is 1. The molecule has 3 rings (SSSR count). The molecule has 4 nitrogen and oxygen atoms in total. The minimum Gasteiger partial charge on any atom is -0.491 e. The Morgan fingerprint density at radius 1 is 1.07 bits per heavy atom. The number of piperidine rings is 1. The molecule has 0 aliphatic carbocycles. The Balaban J connectivity index is 0.00000261. The number of halogens is 2. The molecule has 2 aromatic rings. The van der Waals surface area contributed by atoms with E-state index in [2.05, 4.69) is 17.0 Å². The third-order valence-corrected chi connectivity index (χ3v) is 4.93. The maximum atomic E-state index is 13.1. The number of methoxy groups -OCH3 is 1. The zero-order chi connectivity index (χ0) is 18.4. The molecule has 0 spiro atoms. The fourth-order valence-electron chi connectivity index (χ4n) is 3.36. The van der Waals surface area contributed by atoms with E-state index in [1.165, 1.54) is 17.7 Å². The molecule has 0 bridgehead atoms. The first kappa shape index (κ1) is 21.6. The summed E-state index contributed by atoms with van der Waals surface area (Å²) in [5, 5.41) is 10.9. The average Bonchev–Trinajstić information content (AvgIpc) is 2.65. The molecule has 1 aliphatic rings. The summed E-state index contributed by atoms with van der Waals surface area (Å²) in [7, 11) is 1.66. The van der Waals surface area contributed by atoms with Crippen molar-refractivity contribution in [1.82, 2.24) is 4.90 Å². The van der Waals surface area contributed by atoms with Crippen molar-refractivity contribution in [3.05, 3.63) is 65.5 Å². The molecule has 2 aromatic carbocycles. The van der Waals surface area contributed by atoms with Crippen LogP contribution < -0.4 is 4.74 Å². The van der Waals surface area contributed by atoms with Crippen LogP contribution >= 0.6 is 12.4 Å². The molecular formula is C21H27ClFNO3. The van der Waals surface area contributed by atoms with Crippen LogP contribution in [0.3, 0.4) is 0 Å². The van der Waals surface area contributed by atoms with E-state index in [9.17, 15) is 9.50 Å². The van der Waals surface area contributed by atoms with Crippen molar-refractivity contribution in [2.75, 3.05) is 33.4 Å². The molecule has 0 amide bonds. The number of rotatable bonds is 7. The van der Waals surface area contributed by atoms with Crippen LogP contribution in [-0.4, -0.2) is 43.4 Å². The zero-order valence-electron chi connectivity index (χ0n) is 15.6. The predicted molar refractivity (Wildman–Crippen MR) is 106 cm³/mol. The Labute approximate surface area is 166 Å². The highest BCUT2D eigenvalue weighted by Gasteiger charge is 2.33. The van der Waals surface area contributed by atoms with E-state index in [0.29, 0.717) is 26.1 Å². The predicted octanol–water partition coefficient (Wildman–Crippen LogP) is 3.76. The van der Waals surface area contributed by atoms with Gasteiger partial charge in [-0.2, -0.15) is 0 Å². The number of hydrogen-bond donors (Lipinski definition) is 1. The third-order valence-electron chi connectivity index (χ3n) is 4.93. The molecule has 0 saturated carbocycles. The van der Waals surface area contributed by atoms with E-state index in [4.69, 9.17) is 9.47 Å². The summed E-state index contributed by atoms with van der Waals surface area (Å²) in [5.74, 6) is 0.571. The molecule has 0 aromatic heterocycles. The standard InChI is InChI=1S/C21H26FNO3.ClH/c1-25-13-14-26-20-4-2-3-17(15-20)16-23-11-9-21(24,10-12-23)18-5-7-19(22)8-6-18;/h2-8,15,24H,9-14,16H2,1H3;1H. The molecule has 6 heteroatoms. The Hall–Kier alpha value is -1.66. The normalized spacial score (nSPS) is 16.6. The molecule has 0 radical (unpaired) electrons. The average molecular weight is 396 g/mol. The number of likely N-dealkylation sites (tertiary alicyclic amines) is 1. The monoisotopic (exact) mass is 395 g/mol. The third kappa shape index (κ3) is 5.91. The first-order chi connectivity index (χ1) is 12.6. The Kier molecular flexibility index (Phi) is 8.05. The smallest absolute Gasteiger partial charge is 0.123 e. The highest BCUT2D eigenvalue weighted by molar-refractivity contribution is 5.85. The fourth-order valence-corrected chi connectivity index (χ4v) is 3.36. The molecule has 0 unspecified atom stereocenters. The Morgan fingerprint density at radius 3 is 2.44 bits per heavy atom. The molecule has 1 saturated heterocycles. The maximum Gasteiger partial charge on any atom is 0.123 e. The Bertz CT molecular complexity index is 703. The van der Waals surface area contributed by atoms with E-state index >= 15 is 0 Å². The summed E-state index contributed by atoms with van der Waals surface area (Å²) in [6, 6.07) is 14.3. The SMILES string of the molecule is COCCOc1cccc(CN2CCC(O)(c3ccc(F)cc3)CC2)c1.Cl. The van der Waals surface area contributed by atoms with Crippen LogP contribution in [0.5, 0.6) is 5.75 Å². The van der Waals surface area contributed by atoms with Crippen LogP contribution in [0.25, 0.3) is 0 Å². The summed E-state index contributed by atoms with van der Waals surface area (Å²) >= 11 is 0. The van der Waals surface area contributed by atoms with Gasteiger partial charge in [0.1, 0.15) is 18.2 Å². The second-order valence-corrected chi connectivity index (χ2v) is 6.80. The van der Waals surface area contributed by atoms with E-state index in [1.807, 2.05) is 12.1 Å². The Morgan fingerprint density at radius 2 is 1.78 bits per heavy atom. The van der Waals surface area contributed by atoms with Gasteiger partial charge in [-0.3, -0.25) is 4.90 Å². The van der Waals surface area contributed by atoms with Crippen LogP contribution in [0.4, 0.5) is 4.39 Å². The van der Waals surface area contributed by atoms with E-state index < -0.39 is 5.60 Å². The summed E-state index contributed by atoms with van der Waals surface area (Å²) in [5.41, 5.74) is 1.12. The summed E-state index contributed by atoms with van der Waals surface area (Å²) in [4.78, 5) is 2.33. The largest absolute Gasteiger partial charge is 0.491 e. The summed E-state index contributed by atoms with van der Waals surface area (Å²) in [6.07, 6.45) is 1.28. The van der Waals surface area contributed by atoms with Gasteiger partial charge in [-0.25, -0.2) is 4.39 Å². The van der Waals surface area contributed by atoms with Crippen molar-refractivity contribution in [3.63, 3.8) is 0 Å². The minimum atomic E-state index is -0.866. The topological polar surface area (TPSA) is 41.9 Å². The van der Waals surface area contributed by atoms with Crippen LogP contribution in [0.2, 0.25) is 0 Å². The van der Waals surface area contributed by atoms with Gasteiger partial charge < -0.3 is 14.6 Å². The lowest BCUT2D eigenvalue weighted by Crippen LogP contribution is -2.42. The summed E-state index contributed by atoms with van der Waals surface area (Å²) in [6.45, 7) is 3.51. The lowest BCUT2D eigenvalue weighted by Gasteiger charge is -2.38. The highest BCUT2D eigenvalue weighted by Crippen LogP contribution is 2.33. The number of ether oxygens (including phenoxy) is 2. The van der Waals surface area contributed by atoms with Crippen LogP contribution in [-0.2, 0) is 16.9 Å². The van der Waals surface area contributed by atoms with Crippen LogP contribution in [0.15, 0.2) is 48.5 Å². The quantitative estimate of drug-likeness (QED) is 0.725. The number of benzene rings is 2. The number of hydrogen-bond acceptors (Lipinski definition) is 4. The summed E-state index contributed by atoms with van der Waals surface area (Å²) < 4.78 is 23.8. The molecular weight excluding hydrogens is 369 g/mol. The van der Waals surface area contributed by atoms with Crippen molar-refractivity contribution < 1.29 is 19.0 Å². The molecule has 148 valence electrons. The van der Waals surface area contributed by atoms with Crippen LogP contribution in [0.1, 0.15) is 24.0 Å². The fraction of sp³-hybridized carbons (Fsp3) is 0.429. The van der Waals surface area contributed by atoms with E-state index in [0.717, 1.165) is 30.9 Å². The van der Waals surface area contributed by atoms with Crippen LogP contribution in [0, 0.1) is 5.82 Å². The van der Waals surface area contributed by atoms with E-state index in [-0.39, 0.29) is 18.2 Å². The van der Waals surface area contributed by atoms with Crippen molar-refractivity contribution in [3.8, 4) is 5.75 Å². The number of aliphatic hydroxyl groups is 1. The molecule has 1 fully saturated rings. The van der Waals surface area contributed by atoms with E-state index in [1.54, 1.807) is 19.2 Å². The minimum absolute atomic E-state index is 0. The molecule has 1 N–H and O–H groups in total. The van der Waals surface area contributed by atoms with Gasteiger partial charge >= 0.3 is 0 Å². The van der Waals surface area contributed by atoms with Crippen molar-refractivity contribution in [2.24, 2.45) is 0 Å². The first-order valence-electron chi connectivity index (χ1n) is 9.00. The lowest BCUT2D eigenvalue weighted by atomic mass is 9.84. The van der Waals surface area contributed by atoms with Crippen molar-refractivity contribution in [1.29, 1.82) is 0 Å². The second kappa shape index (κ2) is 10.0. The van der Waals surface area contributed by atoms with Gasteiger partial charge in [-0.1, -0.05) is 24.3 Å². The molecule has 1 heterocycles. The van der Waals surface area contributed by atoms with Gasteiger partial charge in [-0.05, 0) is 48.2 Å². The van der Waals surface area contributed by atoms with Crippen molar-refractivity contribution in [2.45, 2.75) is 25.0 Å². The van der Waals surface area contributed by atoms with Gasteiger partial charge in [0.25, 0.3) is 0 Å². The van der Waals surface area contributed by atoms with Gasteiger partial charge in [0, 0.05) is 26.7 Å². The molecule has 1 aliphatic heterocycles. The molecule has 0 atom stereocenters. The van der Waals surface area contributed by atoms with Crippen molar-refractivity contribution >= 4 is 12.4 Å². The lowest BCUT2D eigenvalue weighted by molar-refractivity contribution is -0.0277. The van der Waals surface area contributed by atoms with Gasteiger partial charge in [0.2, 0.25) is 0 Å². The molecule has 27 heavy (non-hydrogen) atoms. The highest BCUT2D eigenvalue weighted by atomic mass is 35.5. The first-order valence-corrected chi connectivity index (χ1v) is 9.00. The maximum absolute atomic E-state index is 13.1. The van der Waals surface area contributed by atoms with Gasteiger partial charge in [0.15, 0.2) is 0 Å². The van der Waals surface area contributed by atoms with Gasteiger partial charge in [-0.15, -0.1) is 12.4 Å². The zero-order valence-corrected chi connectivity index (χ0v) is 16.4. The second-order valence-electron chi connectivity index (χ2n) is 6.80. The van der Waals surface area contributed by atoms with Gasteiger partial charge in [0.05, 0.1) is 12.2 Å².